The normalized spacial score (nSPS) is 22.8. The van der Waals surface area contributed by atoms with Gasteiger partial charge < -0.3 is 9.80 Å². The van der Waals surface area contributed by atoms with Crippen LogP contribution < -0.4 is 4.90 Å². The lowest BCUT2D eigenvalue weighted by Crippen LogP contribution is -2.36. The van der Waals surface area contributed by atoms with Crippen molar-refractivity contribution in [2.24, 2.45) is 11.8 Å². The zero-order valence-electron chi connectivity index (χ0n) is 13.6. The number of nitrogens with zero attached hydrogens (tertiary/aromatic N) is 3. The number of anilines is 1. The second-order valence-electron chi connectivity index (χ2n) is 6.53. The SMILES string of the molecule is Cc1cccc(C(=O)N2C[C@H]3CN(c4ccccc4)C(=O)[C@@H]3C2)n1. The summed E-state index contributed by atoms with van der Waals surface area (Å²) in [4.78, 5) is 33.3. The van der Waals surface area contributed by atoms with Crippen molar-refractivity contribution in [2.45, 2.75) is 6.92 Å². The van der Waals surface area contributed by atoms with Crippen LogP contribution in [0.1, 0.15) is 16.2 Å². The Balaban J connectivity index is 1.49. The summed E-state index contributed by atoms with van der Waals surface area (Å²) < 4.78 is 0. The molecule has 0 spiro atoms. The van der Waals surface area contributed by atoms with Gasteiger partial charge in [-0.3, -0.25) is 9.59 Å². The lowest BCUT2D eigenvalue weighted by Gasteiger charge is -2.21. The average Bonchev–Trinajstić information content (AvgIpc) is 3.15. The largest absolute Gasteiger partial charge is 0.336 e. The summed E-state index contributed by atoms with van der Waals surface area (Å²) in [5.41, 5.74) is 2.23. The Morgan fingerprint density at radius 3 is 2.54 bits per heavy atom. The van der Waals surface area contributed by atoms with Crippen LogP contribution in [0.5, 0.6) is 0 Å². The van der Waals surface area contributed by atoms with Gasteiger partial charge in [-0.15, -0.1) is 0 Å². The number of fused-ring (bicyclic) bond motifs is 1. The van der Waals surface area contributed by atoms with Crippen molar-refractivity contribution in [3.8, 4) is 0 Å². The molecule has 2 aromatic rings. The van der Waals surface area contributed by atoms with Gasteiger partial charge in [-0.1, -0.05) is 24.3 Å². The van der Waals surface area contributed by atoms with E-state index in [1.807, 2.05) is 54.3 Å². The number of carbonyl (C=O) groups is 2. The molecule has 0 saturated carbocycles. The van der Waals surface area contributed by atoms with Crippen molar-refractivity contribution in [2.75, 3.05) is 24.5 Å². The number of rotatable bonds is 2. The highest BCUT2D eigenvalue weighted by atomic mass is 16.2. The monoisotopic (exact) mass is 321 g/mol. The first kappa shape index (κ1) is 14.9. The molecule has 0 radical (unpaired) electrons. The highest BCUT2D eigenvalue weighted by Crippen LogP contribution is 2.35. The van der Waals surface area contributed by atoms with E-state index in [0.29, 0.717) is 25.3 Å². The molecule has 2 amide bonds. The van der Waals surface area contributed by atoms with Crippen molar-refractivity contribution in [1.29, 1.82) is 0 Å². The third kappa shape index (κ3) is 2.46. The van der Waals surface area contributed by atoms with Gasteiger partial charge in [0.1, 0.15) is 5.69 Å². The van der Waals surface area contributed by atoms with Gasteiger partial charge in [-0.25, -0.2) is 4.98 Å². The minimum Gasteiger partial charge on any atom is -0.336 e. The maximum atomic E-state index is 12.7. The van der Waals surface area contributed by atoms with Gasteiger partial charge in [-0.05, 0) is 31.2 Å². The second-order valence-corrected chi connectivity index (χ2v) is 6.53. The predicted molar refractivity (Wildman–Crippen MR) is 90.7 cm³/mol. The Morgan fingerprint density at radius 2 is 1.83 bits per heavy atom. The van der Waals surface area contributed by atoms with Gasteiger partial charge in [0, 0.05) is 36.9 Å². The second kappa shape index (κ2) is 5.74. The van der Waals surface area contributed by atoms with Gasteiger partial charge in [0.15, 0.2) is 0 Å². The van der Waals surface area contributed by atoms with E-state index in [-0.39, 0.29) is 23.7 Å². The summed E-state index contributed by atoms with van der Waals surface area (Å²) in [5, 5.41) is 0. The molecule has 5 heteroatoms. The molecule has 122 valence electrons. The Kier molecular flexibility index (Phi) is 3.56. The average molecular weight is 321 g/mol. The van der Waals surface area contributed by atoms with Crippen molar-refractivity contribution in [1.82, 2.24) is 9.88 Å². The Labute approximate surface area is 140 Å². The molecule has 1 aromatic carbocycles. The zero-order chi connectivity index (χ0) is 16.7. The van der Waals surface area contributed by atoms with Crippen LogP contribution in [0.15, 0.2) is 48.5 Å². The number of aromatic nitrogens is 1. The standard InChI is InChI=1S/C19H19N3O2/c1-13-6-5-9-17(20-13)19(24)21-10-14-11-22(18(23)16(14)12-21)15-7-3-2-4-8-15/h2-9,14,16H,10-12H2,1H3/t14-,16+/m0/s1. The van der Waals surface area contributed by atoms with Crippen LogP contribution in [0, 0.1) is 18.8 Å². The first-order valence-corrected chi connectivity index (χ1v) is 8.23. The smallest absolute Gasteiger partial charge is 0.272 e. The van der Waals surface area contributed by atoms with Gasteiger partial charge in [0.25, 0.3) is 5.91 Å². The molecule has 3 heterocycles. The van der Waals surface area contributed by atoms with Crippen LogP contribution in [0.25, 0.3) is 0 Å². The molecule has 5 nitrogen and oxygen atoms in total. The molecule has 2 atom stereocenters. The molecule has 24 heavy (non-hydrogen) atoms. The van der Waals surface area contributed by atoms with Crippen molar-refractivity contribution >= 4 is 17.5 Å². The summed E-state index contributed by atoms with van der Waals surface area (Å²) in [7, 11) is 0. The van der Waals surface area contributed by atoms with E-state index < -0.39 is 0 Å². The van der Waals surface area contributed by atoms with E-state index >= 15 is 0 Å². The first-order chi connectivity index (χ1) is 11.6. The number of aryl methyl sites for hydroxylation is 1. The fourth-order valence-corrected chi connectivity index (χ4v) is 3.69. The topological polar surface area (TPSA) is 53.5 Å². The number of para-hydroxylation sites is 1. The highest BCUT2D eigenvalue weighted by molar-refractivity contribution is 5.99. The van der Waals surface area contributed by atoms with Crippen molar-refractivity contribution < 1.29 is 9.59 Å². The molecule has 4 rings (SSSR count). The van der Waals surface area contributed by atoms with E-state index in [9.17, 15) is 9.59 Å². The Bertz CT molecular complexity index is 790. The van der Waals surface area contributed by atoms with Crippen LogP contribution in [-0.4, -0.2) is 41.3 Å². The summed E-state index contributed by atoms with van der Waals surface area (Å²) in [5.74, 6) is 0.149. The molecule has 2 saturated heterocycles. The number of pyridine rings is 1. The van der Waals surface area contributed by atoms with E-state index in [4.69, 9.17) is 0 Å². The third-order valence-corrected chi connectivity index (χ3v) is 4.90. The number of benzene rings is 1. The molecule has 2 aliphatic rings. The summed E-state index contributed by atoms with van der Waals surface area (Å²) in [6.45, 7) is 3.66. The molecule has 0 bridgehead atoms. The van der Waals surface area contributed by atoms with E-state index in [1.165, 1.54) is 0 Å². The van der Waals surface area contributed by atoms with Gasteiger partial charge in [-0.2, -0.15) is 0 Å². The number of amides is 2. The van der Waals surface area contributed by atoms with Crippen LogP contribution >= 0.6 is 0 Å². The van der Waals surface area contributed by atoms with Crippen LogP contribution in [0.2, 0.25) is 0 Å². The first-order valence-electron chi connectivity index (χ1n) is 8.23. The molecule has 2 aliphatic heterocycles. The quantitative estimate of drug-likeness (QED) is 0.851. The molecule has 1 aromatic heterocycles. The molecule has 2 fully saturated rings. The lowest BCUT2D eigenvalue weighted by molar-refractivity contribution is -0.120. The maximum Gasteiger partial charge on any atom is 0.272 e. The minimum absolute atomic E-state index is 0.0767. The van der Waals surface area contributed by atoms with Gasteiger partial charge in [0.2, 0.25) is 5.91 Å². The van der Waals surface area contributed by atoms with E-state index in [2.05, 4.69) is 4.98 Å². The number of hydrogen-bond acceptors (Lipinski definition) is 3. The number of carbonyl (C=O) groups excluding carboxylic acids is 2. The molecule has 0 aliphatic carbocycles. The lowest BCUT2D eigenvalue weighted by atomic mass is 10.0. The predicted octanol–water partition coefficient (Wildman–Crippen LogP) is 2.13. The molecular formula is C19H19N3O2. The molecule has 0 unspecified atom stereocenters. The fourth-order valence-electron chi connectivity index (χ4n) is 3.69. The number of likely N-dealkylation sites (tertiary alicyclic amines) is 1. The van der Waals surface area contributed by atoms with Crippen LogP contribution in [-0.2, 0) is 4.79 Å². The zero-order valence-corrected chi connectivity index (χ0v) is 13.6. The van der Waals surface area contributed by atoms with E-state index in [1.54, 1.807) is 11.0 Å². The van der Waals surface area contributed by atoms with Crippen molar-refractivity contribution in [3.05, 3.63) is 59.9 Å². The Morgan fingerprint density at radius 1 is 1.04 bits per heavy atom. The molecule has 0 N–H and O–H groups in total. The van der Waals surface area contributed by atoms with E-state index in [0.717, 1.165) is 11.4 Å². The van der Waals surface area contributed by atoms with Gasteiger partial charge in [0.05, 0.1) is 5.92 Å². The Hall–Kier alpha value is -2.69. The fraction of sp³-hybridized carbons (Fsp3) is 0.316. The summed E-state index contributed by atoms with van der Waals surface area (Å²) >= 11 is 0. The highest BCUT2D eigenvalue weighted by Gasteiger charge is 2.47. The molecular weight excluding hydrogens is 302 g/mol. The summed E-state index contributed by atoms with van der Waals surface area (Å²) in [6.07, 6.45) is 0. The van der Waals surface area contributed by atoms with Crippen LogP contribution in [0.4, 0.5) is 5.69 Å². The van der Waals surface area contributed by atoms with Gasteiger partial charge >= 0.3 is 0 Å². The third-order valence-electron chi connectivity index (χ3n) is 4.90. The van der Waals surface area contributed by atoms with Crippen LogP contribution in [0.3, 0.4) is 0 Å². The minimum atomic E-state index is -0.0982. The maximum absolute atomic E-state index is 12.7. The van der Waals surface area contributed by atoms with Crippen molar-refractivity contribution in [3.63, 3.8) is 0 Å². The number of hydrogen-bond donors (Lipinski definition) is 0. The summed E-state index contributed by atoms with van der Waals surface area (Å²) in [6, 6.07) is 15.2.